The average molecular weight is 269 g/mol. The molecule has 18 heavy (non-hydrogen) atoms. The molecule has 1 aromatic heterocycles. The molecule has 0 amide bonds. The van der Waals surface area contributed by atoms with Crippen LogP contribution < -0.4 is 5.32 Å². The molecule has 0 fully saturated rings. The number of nitrogens with one attached hydrogen (secondary N) is 1. The van der Waals surface area contributed by atoms with Crippen molar-refractivity contribution in [1.82, 2.24) is 5.32 Å². The Labute approximate surface area is 116 Å². The first-order valence-corrected chi connectivity index (χ1v) is 7.80. The zero-order valence-electron chi connectivity index (χ0n) is 12.4. The number of ether oxygens (including phenoxy) is 1. The van der Waals surface area contributed by atoms with E-state index in [1.54, 1.807) is 0 Å². The normalized spacial score (nSPS) is 16.5. The molecule has 0 radical (unpaired) electrons. The highest BCUT2D eigenvalue weighted by molar-refractivity contribution is 7.11. The van der Waals surface area contributed by atoms with Gasteiger partial charge in [-0.1, -0.05) is 13.8 Å². The van der Waals surface area contributed by atoms with E-state index in [0.29, 0.717) is 6.04 Å². The third kappa shape index (κ3) is 3.81. The van der Waals surface area contributed by atoms with Crippen molar-refractivity contribution >= 4 is 11.3 Å². The summed E-state index contributed by atoms with van der Waals surface area (Å²) in [4.78, 5) is 2.92. The molecule has 0 aliphatic carbocycles. The summed E-state index contributed by atoms with van der Waals surface area (Å²) in [7, 11) is 2.03. The van der Waals surface area contributed by atoms with Crippen molar-refractivity contribution in [3.05, 3.63) is 21.9 Å². The molecular formula is C15H27NOS. The van der Waals surface area contributed by atoms with Crippen LogP contribution in [0.2, 0.25) is 0 Å². The van der Waals surface area contributed by atoms with Crippen LogP contribution in [0.1, 0.15) is 43.9 Å². The van der Waals surface area contributed by atoms with Gasteiger partial charge in [0.25, 0.3) is 0 Å². The molecule has 1 aromatic rings. The Hall–Kier alpha value is -0.380. The van der Waals surface area contributed by atoms with Crippen molar-refractivity contribution in [3.8, 4) is 0 Å². The maximum absolute atomic E-state index is 5.98. The van der Waals surface area contributed by atoms with Gasteiger partial charge in [0.15, 0.2) is 0 Å². The molecule has 0 bridgehead atoms. The molecule has 0 aromatic carbocycles. The van der Waals surface area contributed by atoms with Crippen molar-refractivity contribution in [3.63, 3.8) is 0 Å². The Morgan fingerprint density at radius 3 is 2.39 bits per heavy atom. The summed E-state index contributed by atoms with van der Waals surface area (Å²) in [6, 6.07) is 4.87. The van der Waals surface area contributed by atoms with Gasteiger partial charge in [0.2, 0.25) is 0 Å². The molecule has 0 spiro atoms. The maximum atomic E-state index is 5.98. The van der Waals surface area contributed by atoms with E-state index in [2.05, 4.69) is 45.1 Å². The van der Waals surface area contributed by atoms with E-state index in [4.69, 9.17) is 4.74 Å². The second-order valence-electron chi connectivity index (χ2n) is 4.87. The van der Waals surface area contributed by atoms with Gasteiger partial charge < -0.3 is 10.1 Å². The van der Waals surface area contributed by atoms with Crippen molar-refractivity contribution in [2.24, 2.45) is 0 Å². The number of aryl methyl sites for hydroxylation is 1. The second-order valence-corrected chi connectivity index (χ2v) is 6.12. The molecule has 0 saturated carbocycles. The molecule has 2 atom stereocenters. The first-order chi connectivity index (χ1) is 8.59. The van der Waals surface area contributed by atoms with Crippen molar-refractivity contribution in [2.45, 2.75) is 58.6 Å². The van der Waals surface area contributed by atoms with Crippen LogP contribution in [0.4, 0.5) is 0 Å². The monoisotopic (exact) mass is 269 g/mol. The molecule has 3 heteroatoms. The lowest BCUT2D eigenvalue weighted by molar-refractivity contribution is -0.0532. The van der Waals surface area contributed by atoms with Crippen LogP contribution >= 0.6 is 11.3 Å². The summed E-state index contributed by atoms with van der Waals surface area (Å²) in [6.07, 6.45) is 3.20. The lowest BCUT2D eigenvalue weighted by Crippen LogP contribution is -2.50. The predicted octanol–water partition coefficient (Wildman–Crippen LogP) is 3.65. The Kier molecular flexibility index (Phi) is 6.33. The summed E-state index contributed by atoms with van der Waals surface area (Å²) < 4.78 is 5.98. The Morgan fingerprint density at radius 1 is 1.28 bits per heavy atom. The van der Waals surface area contributed by atoms with Gasteiger partial charge in [0.05, 0.1) is 5.60 Å². The summed E-state index contributed by atoms with van der Waals surface area (Å²) in [5.74, 6) is 0. The van der Waals surface area contributed by atoms with Gasteiger partial charge in [-0.2, -0.15) is 0 Å². The van der Waals surface area contributed by atoms with Crippen LogP contribution in [-0.4, -0.2) is 25.3 Å². The Bertz CT molecular complexity index is 350. The third-order valence-electron chi connectivity index (χ3n) is 3.73. The van der Waals surface area contributed by atoms with Crippen LogP contribution in [-0.2, 0) is 17.6 Å². The molecule has 0 aliphatic heterocycles. The number of likely N-dealkylation sites (N-methyl/N-ethyl adjacent to an activating group) is 1. The van der Waals surface area contributed by atoms with Crippen LogP contribution in [0.25, 0.3) is 0 Å². The van der Waals surface area contributed by atoms with Crippen molar-refractivity contribution < 1.29 is 4.74 Å². The second kappa shape index (κ2) is 7.27. The number of thiophene rings is 1. The van der Waals surface area contributed by atoms with Gasteiger partial charge in [-0.15, -0.1) is 11.3 Å². The molecule has 1 heterocycles. The fourth-order valence-corrected chi connectivity index (χ4v) is 3.33. The van der Waals surface area contributed by atoms with Crippen LogP contribution in [0.15, 0.2) is 12.1 Å². The average Bonchev–Trinajstić information content (AvgIpc) is 2.83. The largest absolute Gasteiger partial charge is 0.374 e. The summed E-state index contributed by atoms with van der Waals surface area (Å²) in [5.41, 5.74) is -0.0835. The molecule has 2 unspecified atom stereocenters. The van der Waals surface area contributed by atoms with E-state index < -0.39 is 0 Å². The summed E-state index contributed by atoms with van der Waals surface area (Å²) in [6.45, 7) is 9.47. The highest BCUT2D eigenvalue weighted by atomic mass is 32.1. The Balaban J connectivity index is 2.76. The minimum atomic E-state index is -0.0835. The Morgan fingerprint density at radius 2 is 1.94 bits per heavy atom. The highest BCUT2D eigenvalue weighted by Crippen LogP contribution is 2.26. The lowest BCUT2D eigenvalue weighted by atomic mass is 9.90. The van der Waals surface area contributed by atoms with Crippen LogP contribution in [0.3, 0.4) is 0 Å². The summed E-state index contributed by atoms with van der Waals surface area (Å²) in [5, 5.41) is 3.44. The number of hydrogen-bond acceptors (Lipinski definition) is 3. The zero-order valence-corrected chi connectivity index (χ0v) is 13.2. The SMILES string of the molecule is CCOC(C)(CC)C(Cc1ccc(CC)s1)NC. The minimum Gasteiger partial charge on any atom is -0.374 e. The topological polar surface area (TPSA) is 21.3 Å². The predicted molar refractivity (Wildman–Crippen MR) is 80.6 cm³/mol. The molecule has 0 aliphatic rings. The zero-order chi connectivity index (χ0) is 13.6. The van der Waals surface area contributed by atoms with E-state index in [0.717, 1.165) is 25.9 Å². The van der Waals surface area contributed by atoms with Gasteiger partial charge in [-0.25, -0.2) is 0 Å². The van der Waals surface area contributed by atoms with Crippen molar-refractivity contribution in [1.29, 1.82) is 0 Å². The first kappa shape index (κ1) is 15.7. The van der Waals surface area contributed by atoms with Crippen LogP contribution in [0.5, 0.6) is 0 Å². The lowest BCUT2D eigenvalue weighted by Gasteiger charge is -2.36. The van der Waals surface area contributed by atoms with Gasteiger partial charge >= 0.3 is 0 Å². The smallest absolute Gasteiger partial charge is 0.0807 e. The van der Waals surface area contributed by atoms with E-state index >= 15 is 0 Å². The molecule has 104 valence electrons. The van der Waals surface area contributed by atoms with E-state index in [1.807, 2.05) is 18.4 Å². The third-order valence-corrected chi connectivity index (χ3v) is 4.98. The molecule has 1 N–H and O–H groups in total. The standard InChI is InChI=1S/C15H27NOS/c1-6-12-9-10-13(18-12)11-14(16-5)15(4,7-2)17-8-3/h9-10,14,16H,6-8,11H2,1-5H3. The maximum Gasteiger partial charge on any atom is 0.0807 e. The van der Waals surface area contributed by atoms with Gasteiger partial charge in [-0.05, 0) is 52.3 Å². The summed E-state index contributed by atoms with van der Waals surface area (Å²) >= 11 is 1.93. The number of hydrogen-bond donors (Lipinski definition) is 1. The molecule has 2 nitrogen and oxygen atoms in total. The molecular weight excluding hydrogens is 242 g/mol. The number of rotatable bonds is 8. The van der Waals surface area contributed by atoms with Crippen LogP contribution in [0, 0.1) is 0 Å². The van der Waals surface area contributed by atoms with Gasteiger partial charge in [0.1, 0.15) is 0 Å². The van der Waals surface area contributed by atoms with Gasteiger partial charge in [-0.3, -0.25) is 0 Å². The highest BCUT2D eigenvalue weighted by Gasteiger charge is 2.32. The van der Waals surface area contributed by atoms with E-state index in [1.165, 1.54) is 9.75 Å². The molecule has 1 rings (SSSR count). The fourth-order valence-electron chi connectivity index (χ4n) is 2.33. The molecule has 0 saturated heterocycles. The minimum absolute atomic E-state index is 0.0835. The van der Waals surface area contributed by atoms with E-state index in [-0.39, 0.29) is 5.60 Å². The first-order valence-electron chi connectivity index (χ1n) is 6.98. The van der Waals surface area contributed by atoms with E-state index in [9.17, 15) is 0 Å². The quantitative estimate of drug-likeness (QED) is 0.778. The fraction of sp³-hybridized carbons (Fsp3) is 0.733. The van der Waals surface area contributed by atoms with Gasteiger partial charge in [0, 0.05) is 22.4 Å². The van der Waals surface area contributed by atoms with Crippen molar-refractivity contribution in [2.75, 3.05) is 13.7 Å².